The van der Waals surface area contributed by atoms with E-state index in [1.54, 1.807) is 0 Å². The molecule has 0 bridgehead atoms. The average molecular weight is 148 g/mol. The van der Waals surface area contributed by atoms with Crippen LogP contribution in [-0.4, -0.2) is 29.9 Å². The summed E-state index contributed by atoms with van der Waals surface area (Å²) in [6, 6.07) is 0.592. The minimum absolute atomic E-state index is 0.592. The van der Waals surface area contributed by atoms with Gasteiger partial charge in [-0.2, -0.15) is 0 Å². The molecule has 1 saturated heterocycles. The topological polar surface area (TPSA) is 3.24 Å². The predicted octanol–water partition coefficient (Wildman–Crippen LogP) is 1.71. The van der Waals surface area contributed by atoms with Crippen LogP contribution in [-0.2, 0) is 0 Å². The highest BCUT2D eigenvalue weighted by atomic mass is 35.5. The summed E-state index contributed by atoms with van der Waals surface area (Å²) in [6.07, 6.45) is 2.72. The quantitative estimate of drug-likeness (QED) is 0.538. The van der Waals surface area contributed by atoms with Crippen LogP contribution in [0.3, 0.4) is 0 Å². The number of rotatable bonds is 2. The van der Waals surface area contributed by atoms with E-state index in [4.69, 9.17) is 11.6 Å². The minimum atomic E-state index is 0.592. The number of alkyl halides is 1. The van der Waals surface area contributed by atoms with Crippen LogP contribution in [0.15, 0.2) is 0 Å². The fourth-order valence-corrected chi connectivity index (χ4v) is 1.48. The molecule has 1 aliphatic heterocycles. The lowest BCUT2D eigenvalue weighted by molar-refractivity contribution is 0.279. The Morgan fingerprint density at radius 1 is 1.44 bits per heavy atom. The lowest BCUT2D eigenvalue weighted by Crippen LogP contribution is -2.31. The van der Waals surface area contributed by atoms with Crippen molar-refractivity contribution in [2.24, 2.45) is 0 Å². The van der Waals surface area contributed by atoms with Gasteiger partial charge in [-0.05, 0) is 32.9 Å². The molecule has 0 aliphatic carbocycles. The van der Waals surface area contributed by atoms with Crippen molar-refractivity contribution in [1.82, 2.24) is 4.90 Å². The van der Waals surface area contributed by atoms with Gasteiger partial charge < -0.3 is 0 Å². The fourth-order valence-electron chi connectivity index (χ4n) is 1.28. The minimum Gasteiger partial charge on any atom is -0.299 e. The van der Waals surface area contributed by atoms with Crippen LogP contribution in [0.5, 0.6) is 0 Å². The smallest absolute Gasteiger partial charge is 0.0376 e. The van der Waals surface area contributed by atoms with Gasteiger partial charge in [-0.25, -0.2) is 0 Å². The number of nitrogens with zero attached hydrogens (tertiary/aromatic N) is 1. The van der Waals surface area contributed by atoms with Crippen molar-refractivity contribution in [2.45, 2.75) is 25.8 Å². The summed E-state index contributed by atoms with van der Waals surface area (Å²) in [4.78, 5) is 2.45. The summed E-state index contributed by atoms with van der Waals surface area (Å²) in [5.41, 5.74) is 0. The summed E-state index contributed by atoms with van der Waals surface area (Å²) < 4.78 is 0. The predicted molar refractivity (Wildman–Crippen MR) is 41.0 cm³/mol. The Morgan fingerprint density at radius 3 is 2.44 bits per heavy atom. The van der Waals surface area contributed by atoms with E-state index >= 15 is 0 Å². The van der Waals surface area contributed by atoms with Crippen LogP contribution in [0.4, 0.5) is 0 Å². The van der Waals surface area contributed by atoms with E-state index < -0.39 is 0 Å². The Morgan fingerprint density at radius 2 is 2.00 bits per heavy atom. The van der Waals surface area contributed by atoms with Gasteiger partial charge in [-0.3, -0.25) is 4.90 Å². The second-order valence-electron chi connectivity index (χ2n) is 2.75. The summed E-state index contributed by atoms with van der Waals surface area (Å²) in [5.74, 6) is 0.778. The molecule has 2 heteroatoms. The molecular formula is C7H14ClN. The lowest BCUT2D eigenvalue weighted by Gasteiger charge is -2.20. The largest absolute Gasteiger partial charge is 0.299 e. The molecule has 1 rings (SSSR count). The molecule has 1 nitrogen and oxygen atoms in total. The Balaban J connectivity index is 2.24. The summed E-state index contributed by atoms with van der Waals surface area (Å²) in [5, 5.41) is 0. The molecule has 0 aromatic carbocycles. The number of hydrogen-bond donors (Lipinski definition) is 0. The molecular weight excluding hydrogens is 134 g/mol. The molecule has 0 N–H and O–H groups in total. The SMILES string of the molecule is CC(CCl)N1CCCC1. The van der Waals surface area contributed by atoms with Gasteiger partial charge in [0.2, 0.25) is 0 Å². The molecule has 54 valence electrons. The molecule has 9 heavy (non-hydrogen) atoms. The van der Waals surface area contributed by atoms with Gasteiger partial charge in [0.05, 0.1) is 0 Å². The number of hydrogen-bond acceptors (Lipinski definition) is 1. The van der Waals surface area contributed by atoms with Crippen LogP contribution in [0.25, 0.3) is 0 Å². The first-order valence-corrected chi connectivity index (χ1v) is 4.18. The average Bonchev–Trinajstić information content (AvgIpc) is 2.37. The molecule has 0 amide bonds. The van der Waals surface area contributed by atoms with Gasteiger partial charge >= 0.3 is 0 Å². The van der Waals surface area contributed by atoms with Crippen molar-refractivity contribution in [1.29, 1.82) is 0 Å². The van der Waals surface area contributed by atoms with Gasteiger partial charge in [0, 0.05) is 11.9 Å². The molecule has 0 aromatic heterocycles. The highest BCUT2D eigenvalue weighted by Gasteiger charge is 2.16. The zero-order chi connectivity index (χ0) is 6.69. The highest BCUT2D eigenvalue weighted by molar-refractivity contribution is 6.18. The standard InChI is InChI=1S/C7H14ClN/c1-7(6-8)9-4-2-3-5-9/h7H,2-6H2,1H3. The second-order valence-corrected chi connectivity index (χ2v) is 3.06. The second kappa shape index (κ2) is 3.43. The molecule has 1 aliphatic rings. The van der Waals surface area contributed by atoms with Crippen molar-refractivity contribution in [2.75, 3.05) is 19.0 Å². The third kappa shape index (κ3) is 1.84. The highest BCUT2D eigenvalue weighted by Crippen LogP contribution is 2.11. The molecule has 0 aromatic rings. The molecule has 0 spiro atoms. The third-order valence-corrected chi connectivity index (χ3v) is 2.43. The summed E-state index contributed by atoms with van der Waals surface area (Å²) in [7, 11) is 0. The van der Waals surface area contributed by atoms with Gasteiger partial charge in [0.15, 0.2) is 0 Å². The van der Waals surface area contributed by atoms with E-state index in [9.17, 15) is 0 Å². The van der Waals surface area contributed by atoms with E-state index in [2.05, 4.69) is 11.8 Å². The lowest BCUT2D eigenvalue weighted by atomic mass is 10.3. The van der Waals surface area contributed by atoms with Crippen LogP contribution >= 0.6 is 11.6 Å². The zero-order valence-electron chi connectivity index (χ0n) is 5.94. The van der Waals surface area contributed by atoms with Gasteiger partial charge in [-0.1, -0.05) is 0 Å². The molecule has 1 heterocycles. The van der Waals surface area contributed by atoms with Gasteiger partial charge in [0.1, 0.15) is 0 Å². The fraction of sp³-hybridized carbons (Fsp3) is 1.00. The van der Waals surface area contributed by atoms with Crippen LogP contribution in [0, 0.1) is 0 Å². The first kappa shape index (κ1) is 7.36. The van der Waals surface area contributed by atoms with Crippen molar-refractivity contribution in [3.63, 3.8) is 0 Å². The first-order valence-electron chi connectivity index (χ1n) is 3.64. The molecule has 1 unspecified atom stereocenters. The molecule has 0 saturated carbocycles. The number of likely N-dealkylation sites (tertiary alicyclic amines) is 1. The van der Waals surface area contributed by atoms with Crippen LogP contribution < -0.4 is 0 Å². The van der Waals surface area contributed by atoms with E-state index in [0.29, 0.717) is 6.04 Å². The summed E-state index contributed by atoms with van der Waals surface area (Å²) >= 11 is 5.69. The van der Waals surface area contributed by atoms with Gasteiger partial charge in [-0.15, -0.1) is 11.6 Å². The van der Waals surface area contributed by atoms with Crippen molar-refractivity contribution in [3.8, 4) is 0 Å². The van der Waals surface area contributed by atoms with E-state index in [1.807, 2.05) is 0 Å². The maximum Gasteiger partial charge on any atom is 0.0376 e. The Kier molecular flexibility index (Phi) is 2.80. The Bertz CT molecular complexity index is 79.0. The molecule has 0 radical (unpaired) electrons. The summed E-state index contributed by atoms with van der Waals surface area (Å²) in [6.45, 7) is 4.71. The van der Waals surface area contributed by atoms with Crippen LogP contribution in [0.2, 0.25) is 0 Å². The Hall–Kier alpha value is 0.250. The zero-order valence-corrected chi connectivity index (χ0v) is 6.69. The maximum atomic E-state index is 5.69. The first-order chi connectivity index (χ1) is 4.34. The van der Waals surface area contributed by atoms with Crippen LogP contribution in [0.1, 0.15) is 19.8 Å². The van der Waals surface area contributed by atoms with E-state index in [0.717, 1.165) is 5.88 Å². The normalized spacial score (nSPS) is 24.7. The van der Waals surface area contributed by atoms with Gasteiger partial charge in [0.25, 0.3) is 0 Å². The van der Waals surface area contributed by atoms with E-state index in [-0.39, 0.29) is 0 Å². The monoisotopic (exact) mass is 147 g/mol. The van der Waals surface area contributed by atoms with Crippen molar-refractivity contribution < 1.29 is 0 Å². The third-order valence-electron chi connectivity index (χ3n) is 1.99. The Labute approximate surface area is 62.0 Å². The number of halogens is 1. The van der Waals surface area contributed by atoms with Crippen molar-refractivity contribution >= 4 is 11.6 Å². The molecule has 1 fully saturated rings. The van der Waals surface area contributed by atoms with E-state index in [1.165, 1.54) is 25.9 Å². The van der Waals surface area contributed by atoms with Crippen molar-refractivity contribution in [3.05, 3.63) is 0 Å². The molecule has 1 atom stereocenters. The maximum absolute atomic E-state index is 5.69.